The number of ether oxygens (including phenoxy) is 1. The molecule has 1 aromatic carbocycles. The topological polar surface area (TPSA) is 34.2 Å². The van der Waals surface area contributed by atoms with Crippen molar-refractivity contribution in [3.63, 3.8) is 0 Å². The lowest BCUT2D eigenvalue weighted by molar-refractivity contribution is 0.419. The number of aromatic nitrogens is 1. The number of hydrogen-bond acceptors (Lipinski definition) is 3. The molecular weight excluding hydrogens is 304 g/mol. The van der Waals surface area contributed by atoms with Crippen LogP contribution in [0.3, 0.4) is 0 Å². The van der Waals surface area contributed by atoms with Crippen molar-refractivity contribution >= 4 is 32.5 Å². The van der Waals surface area contributed by atoms with Crippen LogP contribution in [0.2, 0.25) is 0 Å². The van der Waals surface area contributed by atoms with E-state index in [-0.39, 0.29) is 5.41 Å². The van der Waals surface area contributed by atoms with Crippen LogP contribution in [0.4, 0.5) is 5.69 Å². The van der Waals surface area contributed by atoms with Crippen molar-refractivity contribution in [1.82, 2.24) is 4.98 Å². The van der Waals surface area contributed by atoms with Gasteiger partial charge < -0.3 is 10.1 Å². The Bertz CT molecular complexity index is 618. The van der Waals surface area contributed by atoms with E-state index in [1.807, 2.05) is 19.2 Å². The number of nitrogens with zero attached hydrogens (tertiary/aromatic N) is 1. The van der Waals surface area contributed by atoms with E-state index in [2.05, 4.69) is 48.1 Å². The molecule has 2 aromatic rings. The fourth-order valence-electron chi connectivity index (χ4n) is 2.03. The van der Waals surface area contributed by atoms with Crippen LogP contribution in [-0.2, 0) is 5.41 Å². The number of rotatable bonds is 2. The zero-order chi connectivity index (χ0) is 14.2. The maximum Gasteiger partial charge on any atom is 0.130 e. The number of benzene rings is 1. The van der Waals surface area contributed by atoms with Gasteiger partial charge in [0.2, 0.25) is 0 Å². The lowest BCUT2D eigenvalue weighted by atomic mass is 9.90. The van der Waals surface area contributed by atoms with Gasteiger partial charge in [0.15, 0.2) is 0 Å². The molecule has 0 aliphatic heterocycles. The average molecular weight is 323 g/mol. The molecule has 1 heterocycles. The third kappa shape index (κ3) is 2.54. The van der Waals surface area contributed by atoms with Crippen LogP contribution in [0.25, 0.3) is 10.9 Å². The summed E-state index contributed by atoms with van der Waals surface area (Å²) in [5, 5.41) is 4.25. The molecule has 1 aromatic heterocycles. The molecule has 3 nitrogen and oxygen atoms in total. The molecule has 0 radical (unpaired) electrons. The largest absolute Gasteiger partial charge is 0.496 e. The number of fused-ring (bicyclic) bond motifs is 1. The minimum Gasteiger partial charge on any atom is -0.496 e. The van der Waals surface area contributed by atoms with Gasteiger partial charge in [-0.3, -0.25) is 4.98 Å². The Kier molecular flexibility index (Phi) is 3.72. The zero-order valence-electron chi connectivity index (χ0n) is 12.0. The lowest BCUT2D eigenvalue weighted by Gasteiger charge is -2.21. The Hall–Kier alpha value is -1.29. The van der Waals surface area contributed by atoms with E-state index in [1.54, 1.807) is 7.11 Å². The summed E-state index contributed by atoms with van der Waals surface area (Å²) in [6.07, 6.45) is 0. The summed E-state index contributed by atoms with van der Waals surface area (Å²) in [4.78, 5) is 4.80. The second kappa shape index (κ2) is 5.00. The number of pyridine rings is 1. The second-order valence-electron chi connectivity index (χ2n) is 5.53. The molecular formula is C15H19BrN2O. The predicted molar refractivity (Wildman–Crippen MR) is 84.2 cm³/mol. The van der Waals surface area contributed by atoms with E-state index in [0.29, 0.717) is 0 Å². The lowest BCUT2D eigenvalue weighted by Crippen LogP contribution is -2.14. The molecule has 102 valence electrons. The van der Waals surface area contributed by atoms with Gasteiger partial charge in [0.1, 0.15) is 5.75 Å². The fourth-order valence-corrected chi connectivity index (χ4v) is 2.45. The molecule has 0 unspecified atom stereocenters. The zero-order valence-corrected chi connectivity index (χ0v) is 13.6. The maximum absolute atomic E-state index is 5.45. The molecule has 0 bridgehead atoms. The van der Waals surface area contributed by atoms with Crippen LogP contribution in [0, 0.1) is 0 Å². The molecule has 0 saturated heterocycles. The standard InChI is InChI=1S/C15H19BrN2O/c1-15(2,3)12-8-10(17-4)13-11(19-5)7-6-9(16)14(13)18-12/h6-8H,1-5H3,(H,17,18). The first kappa shape index (κ1) is 14.1. The number of methoxy groups -OCH3 is 1. The number of hydrogen-bond donors (Lipinski definition) is 1. The van der Waals surface area contributed by atoms with Crippen LogP contribution >= 0.6 is 15.9 Å². The van der Waals surface area contributed by atoms with Crippen molar-refractivity contribution in [2.45, 2.75) is 26.2 Å². The molecule has 0 aliphatic carbocycles. The third-order valence-electron chi connectivity index (χ3n) is 3.13. The van der Waals surface area contributed by atoms with Crippen LogP contribution in [-0.4, -0.2) is 19.1 Å². The summed E-state index contributed by atoms with van der Waals surface area (Å²) in [7, 11) is 3.60. The van der Waals surface area contributed by atoms with Crippen LogP contribution in [0.1, 0.15) is 26.5 Å². The highest BCUT2D eigenvalue weighted by Crippen LogP contribution is 2.37. The summed E-state index contributed by atoms with van der Waals surface area (Å²) < 4.78 is 6.43. The minimum absolute atomic E-state index is 0.00229. The first-order valence-electron chi connectivity index (χ1n) is 6.24. The molecule has 0 atom stereocenters. The summed E-state index contributed by atoms with van der Waals surface area (Å²) in [6.45, 7) is 6.48. The van der Waals surface area contributed by atoms with Gasteiger partial charge in [-0.1, -0.05) is 20.8 Å². The van der Waals surface area contributed by atoms with Gasteiger partial charge in [-0.15, -0.1) is 0 Å². The second-order valence-corrected chi connectivity index (χ2v) is 6.38. The fraction of sp³-hybridized carbons (Fsp3) is 0.400. The summed E-state index contributed by atoms with van der Waals surface area (Å²) in [5.74, 6) is 0.829. The van der Waals surface area contributed by atoms with E-state index < -0.39 is 0 Å². The third-order valence-corrected chi connectivity index (χ3v) is 3.77. The number of nitrogens with one attached hydrogen (secondary N) is 1. The molecule has 19 heavy (non-hydrogen) atoms. The van der Waals surface area contributed by atoms with E-state index in [4.69, 9.17) is 9.72 Å². The molecule has 1 N–H and O–H groups in total. The van der Waals surface area contributed by atoms with Gasteiger partial charge in [-0.2, -0.15) is 0 Å². The Morgan fingerprint density at radius 3 is 2.47 bits per heavy atom. The van der Waals surface area contributed by atoms with E-state index >= 15 is 0 Å². The van der Waals surface area contributed by atoms with Crippen LogP contribution < -0.4 is 10.1 Å². The van der Waals surface area contributed by atoms with Gasteiger partial charge in [-0.05, 0) is 34.1 Å². The minimum atomic E-state index is 0.00229. The van der Waals surface area contributed by atoms with Gasteiger partial charge >= 0.3 is 0 Å². The molecule has 0 spiro atoms. The van der Waals surface area contributed by atoms with Crippen LogP contribution in [0.15, 0.2) is 22.7 Å². The Labute approximate surface area is 122 Å². The Balaban J connectivity index is 2.88. The van der Waals surface area contributed by atoms with Gasteiger partial charge in [-0.25, -0.2) is 0 Å². The summed E-state index contributed by atoms with van der Waals surface area (Å²) in [6, 6.07) is 6.02. The van der Waals surface area contributed by atoms with Crippen molar-refractivity contribution in [1.29, 1.82) is 0 Å². The molecule has 2 rings (SSSR count). The normalized spacial score (nSPS) is 11.7. The van der Waals surface area contributed by atoms with Crippen molar-refractivity contribution < 1.29 is 4.74 Å². The average Bonchev–Trinajstić information content (AvgIpc) is 2.37. The highest BCUT2D eigenvalue weighted by Gasteiger charge is 2.20. The first-order chi connectivity index (χ1) is 8.88. The van der Waals surface area contributed by atoms with Crippen molar-refractivity contribution in [2.75, 3.05) is 19.5 Å². The van der Waals surface area contributed by atoms with E-state index in [0.717, 1.165) is 32.5 Å². The van der Waals surface area contributed by atoms with Crippen molar-refractivity contribution in [3.05, 3.63) is 28.4 Å². The maximum atomic E-state index is 5.45. The molecule has 0 amide bonds. The Morgan fingerprint density at radius 1 is 1.26 bits per heavy atom. The van der Waals surface area contributed by atoms with E-state index in [9.17, 15) is 0 Å². The number of anilines is 1. The van der Waals surface area contributed by atoms with E-state index in [1.165, 1.54) is 0 Å². The van der Waals surface area contributed by atoms with Crippen LogP contribution in [0.5, 0.6) is 5.75 Å². The highest BCUT2D eigenvalue weighted by atomic mass is 79.9. The van der Waals surface area contributed by atoms with Crippen molar-refractivity contribution in [2.24, 2.45) is 0 Å². The quantitative estimate of drug-likeness (QED) is 0.892. The highest BCUT2D eigenvalue weighted by molar-refractivity contribution is 9.10. The molecule has 0 fully saturated rings. The molecule has 0 aliphatic rings. The predicted octanol–water partition coefficient (Wildman–Crippen LogP) is 4.35. The first-order valence-corrected chi connectivity index (χ1v) is 7.03. The van der Waals surface area contributed by atoms with Gasteiger partial charge in [0.05, 0.1) is 18.0 Å². The van der Waals surface area contributed by atoms with Gasteiger partial charge in [0.25, 0.3) is 0 Å². The Morgan fingerprint density at radius 2 is 1.95 bits per heavy atom. The van der Waals surface area contributed by atoms with Crippen molar-refractivity contribution in [3.8, 4) is 5.75 Å². The SMILES string of the molecule is CNc1cc(C(C)(C)C)nc2c(Br)ccc(OC)c12. The molecule has 4 heteroatoms. The summed E-state index contributed by atoms with van der Waals surface area (Å²) >= 11 is 3.58. The van der Waals surface area contributed by atoms with Gasteiger partial charge in [0, 0.05) is 28.3 Å². The molecule has 0 saturated carbocycles. The summed E-state index contributed by atoms with van der Waals surface area (Å²) in [5.41, 5.74) is 3.02. The monoisotopic (exact) mass is 322 g/mol. The smallest absolute Gasteiger partial charge is 0.130 e. The number of halogens is 1.